The molecule has 26 heavy (non-hydrogen) atoms. The van der Waals surface area contributed by atoms with Crippen molar-refractivity contribution in [3.63, 3.8) is 0 Å². The summed E-state index contributed by atoms with van der Waals surface area (Å²) in [5.41, 5.74) is 2.60. The Balaban J connectivity index is 1.96. The standard InChI is InChI=1S/C18H14N4O3S/c23-17-13-8-19-16-12(11-4-2-1-3-5-11)9-20-22(16)14(13)6-7-21(17)15(10-26)18(24)25/h1-9,15,26H,10H2,(H,24,25)/t15-/m1/s1. The van der Waals surface area contributed by atoms with Gasteiger partial charge in [-0.05, 0) is 11.6 Å². The number of nitrogens with zero attached hydrogens (tertiary/aromatic N) is 4. The second kappa shape index (κ2) is 6.30. The van der Waals surface area contributed by atoms with Crippen molar-refractivity contribution in [1.82, 2.24) is 19.2 Å². The third-order valence-electron chi connectivity index (χ3n) is 4.30. The molecule has 3 heterocycles. The predicted molar refractivity (Wildman–Crippen MR) is 101 cm³/mol. The second-order valence-corrected chi connectivity index (χ2v) is 6.15. The monoisotopic (exact) mass is 366 g/mol. The van der Waals surface area contributed by atoms with Crippen LogP contribution in [0.1, 0.15) is 6.04 Å². The number of benzene rings is 1. The first-order valence-corrected chi connectivity index (χ1v) is 8.51. The summed E-state index contributed by atoms with van der Waals surface area (Å²) in [6.45, 7) is 0. The Morgan fingerprint density at radius 2 is 1.96 bits per heavy atom. The molecule has 0 spiro atoms. The maximum Gasteiger partial charge on any atom is 0.327 e. The lowest BCUT2D eigenvalue weighted by atomic mass is 10.1. The number of pyridine rings is 1. The number of carboxylic acids is 1. The van der Waals surface area contributed by atoms with Crippen LogP contribution in [-0.4, -0.2) is 36.0 Å². The molecule has 0 aliphatic rings. The summed E-state index contributed by atoms with van der Waals surface area (Å²) in [5, 5.41) is 14.0. The number of rotatable bonds is 4. The molecule has 0 saturated heterocycles. The molecular formula is C18H14N4O3S. The molecule has 1 atom stereocenters. The maximum atomic E-state index is 12.7. The van der Waals surface area contributed by atoms with Crippen molar-refractivity contribution < 1.29 is 9.90 Å². The number of carbonyl (C=O) groups is 1. The minimum absolute atomic E-state index is 0.0103. The average molecular weight is 366 g/mol. The molecule has 0 saturated carbocycles. The molecule has 1 aromatic carbocycles. The summed E-state index contributed by atoms with van der Waals surface area (Å²) in [6, 6.07) is 10.4. The van der Waals surface area contributed by atoms with Crippen LogP contribution in [0.3, 0.4) is 0 Å². The van der Waals surface area contributed by atoms with Crippen LogP contribution in [-0.2, 0) is 4.79 Å². The van der Waals surface area contributed by atoms with Crippen LogP contribution in [0.2, 0.25) is 0 Å². The van der Waals surface area contributed by atoms with E-state index in [0.29, 0.717) is 16.6 Å². The molecule has 4 rings (SSSR count). The van der Waals surface area contributed by atoms with Crippen LogP contribution < -0.4 is 5.56 Å². The van der Waals surface area contributed by atoms with Crippen molar-refractivity contribution in [3.05, 3.63) is 65.3 Å². The van der Waals surface area contributed by atoms with E-state index in [2.05, 4.69) is 22.7 Å². The fraction of sp³-hybridized carbons (Fsp3) is 0.111. The Bertz CT molecular complexity index is 1180. The fourth-order valence-electron chi connectivity index (χ4n) is 2.98. The van der Waals surface area contributed by atoms with Gasteiger partial charge in [-0.1, -0.05) is 30.3 Å². The quantitative estimate of drug-likeness (QED) is 0.541. The SMILES string of the molecule is O=C(O)[C@@H](CS)n1ccc2c(cnc3c(-c4ccccc4)cnn32)c1=O. The van der Waals surface area contributed by atoms with Gasteiger partial charge in [0.25, 0.3) is 5.56 Å². The van der Waals surface area contributed by atoms with Gasteiger partial charge in [0.2, 0.25) is 0 Å². The average Bonchev–Trinajstić information content (AvgIpc) is 3.09. The zero-order chi connectivity index (χ0) is 18.3. The number of aliphatic carboxylic acids is 1. The number of carboxylic acid groups (broad SMARTS) is 1. The summed E-state index contributed by atoms with van der Waals surface area (Å²) in [7, 11) is 0. The minimum atomic E-state index is -1.11. The largest absolute Gasteiger partial charge is 0.480 e. The van der Waals surface area contributed by atoms with Gasteiger partial charge in [-0.25, -0.2) is 14.3 Å². The Morgan fingerprint density at radius 1 is 1.19 bits per heavy atom. The van der Waals surface area contributed by atoms with E-state index < -0.39 is 17.6 Å². The van der Waals surface area contributed by atoms with Gasteiger partial charge in [0, 0.05) is 23.7 Å². The van der Waals surface area contributed by atoms with Crippen molar-refractivity contribution in [3.8, 4) is 11.1 Å². The Hall–Kier alpha value is -3.13. The number of hydrogen-bond acceptors (Lipinski definition) is 5. The number of aromatic nitrogens is 4. The molecule has 7 nitrogen and oxygen atoms in total. The molecule has 8 heteroatoms. The summed E-state index contributed by atoms with van der Waals surface area (Å²) >= 11 is 4.04. The molecule has 0 amide bonds. The van der Waals surface area contributed by atoms with Gasteiger partial charge in [-0.3, -0.25) is 9.36 Å². The highest BCUT2D eigenvalue weighted by molar-refractivity contribution is 7.80. The lowest BCUT2D eigenvalue weighted by molar-refractivity contribution is -0.140. The number of thiol groups is 1. The van der Waals surface area contributed by atoms with Gasteiger partial charge >= 0.3 is 5.97 Å². The van der Waals surface area contributed by atoms with Gasteiger partial charge in [0.1, 0.15) is 6.04 Å². The van der Waals surface area contributed by atoms with Gasteiger partial charge in [-0.15, -0.1) is 0 Å². The molecular weight excluding hydrogens is 352 g/mol. The molecule has 1 N–H and O–H groups in total. The predicted octanol–water partition coefficient (Wildman–Crippen LogP) is 2.27. The second-order valence-electron chi connectivity index (χ2n) is 5.78. The van der Waals surface area contributed by atoms with Crippen molar-refractivity contribution in [2.75, 3.05) is 5.75 Å². The highest BCUT2D eigenvalue weighted by Gasteiger charge is 2.21. The Labute approximate surface area is 152 Å². The van der Waals surface area contributed by atoms with Crippen molar-refractivity contribution in [2.45, 2.75) is 6.04 Å². The molecule has 0 bridgehead atoms. The van der Waals surface area contributed by atoms with Crippen LogP contribution >= 0.6 is 12.6 Å². The van der Waals surface area contributed by atoms with E-state index in [0.717, 1.165) is 15.7 Å². The van der Waals surface area contributed by atoms with E-state index in [1.807, 2.05) is 30.3 Å². The maximum absolute atomic E-state index is 12.7. The van der Waals surface area contributed by atoms with Gasteiger partial charge in [-0.2, -0.15) is 17.7 Å². The highest BCUT2D eigenvalue weighted by atomic mass is 32.1. The lowest BCUT2D eigenvalue weighted by Crippen LogP contribution is -2.31. The zero-order valence-electron chi connectivity index (χ0n) is 13.5. The van der Waals surface area contributed by atoms with Gasteiger partial charge in [0.15, 0.2) is 5.65 Å². The van der Waals surface area contributed by atoms with E-state index in [-0.39, 0.29) is 5.75 Å². The third kappa shape index (κ3) is 2.46. The first-order chi connectivity index (χ1) is 12.6. The van der Waals surface area contributed by atoms with Gasteiger partial charge < -0.3 is 5.11 Å². The molecule has 130 valence electrons. The Morgan fingerprint density at radius 3 is 2.65 bits per heavy atom. The molecule has 0 unspecified atom stereocenters. The van der Waals surface area contributed by atoms with E-state index >= 15 is 0 Å². The molecule has 0 aliphatic heterocycles. The van der Waals surface area contributed by atoms with Crippen LogP contribution in [0.5, 0.6) is 0 Å². The topological polar surface area (TPSA) is 89.5 Å². The summed E-state index contributed by atoms with van der Waals surface area (Å²) in [6.07, 6.45) is 4.63. The van der Waals surface area contributed by atoms with E-state index in [4.69, 9.17) is 0 Å². The first-order valence-electron chi connectivity index (χ1n) is 7.88. The van der Waals surface area contributed by atoms with Gasteiger partial charge in [0.05, 0.1) is 17.1 Å². The fourth-order valence-corrected chi connectivity index (χ4v) is 3.32. The smallest absolute Gasteiger partial charge is 0.327 e. The molecule has 3 aromatic heterocycles. The normalized spacial score (nSPS) is 12.5. The number of fused-ring (bicyclic) bond motifs is 3. The Kier molecular flexibility index (Phi) is 3.96. The van der Waals surface area contributed by atoms with Crippen LogP contribution in [0.25, 0.3) is 27.7 Å². The van der Waals surface area contributed by atoms with E-state index in [1.54, 1.807) is 16.8 Å². The van der Waals surface area contributed by atoms with E-state index in [1.165, 1.54) is 12.4 Å². The number of hydrogen-bond donors (Lipinski definition) is 2. The van der Waals surface area contributed by atoms with E-state index in [9.17, 15) is 14.7 Å². The lowest BCUT2D eigenvalue weighted by Gasteiger charge is -2.14. The van der Waals surface area contributed by atoms with Crippen molar-refractivity contribution in [1.29, 1.82) is 0 Å². The van der Waals surface area contributed by atoms with Crippen LogP contribution in [0.15, 0.2) is 59.8 Å². The van der Waals surface area contributed by atoms with Crippen LogP contribution in [0.4, 0.5) is 0 Å². The third-order valence-corrected chi connectivity index (χ3v) is 4.65. The molecule has 4 aromatic rings. The summed E-state index contributed by atoms with van der Waals surface area (Å²) in [5.74, 6) is -1.10. The van der Waals surface area contributed by atoms with Crippen LogP contribution in [0, 0.1) is 0 Å². The zero-order valence-corrected chi connectivity index (χ0v) is 14.4. The molecule has 0 radical (unpaired) electrons. The summed E-state index contributed by atoms with van der Waals surface area (Å²) < 4.78 is 2.76. The highest BCUT2D eigenvalue weighted by Crippen LogP contribution is 2.24. The van der Waals surface area contributed by atoms with Crippen molar-refractivity contribution >= 4 is 35.1 Å². The summed E-state index contributed by atoms with van der Waals surface area (Å²) in [4.78, 5) is 28.5. The molecule has 0 aliphatic carbocycles. The molecule has 0 fully saturated rings. The minimum Gasteiger partial charge on any atom is -0.480 e. The van der Waals surface area contributed by atoms with Crippen molar-refractivity contribution in [2.24, 2.45) is 0 Å². The first kappa shape index (κ1) is 16.3.